The molecule has 0 aliphatic rings. The fourth-order valence-electron chi connectivity index (χ4n) is 1.84. The van der Waals surface area contributed by atoms with Crippen LogP contribution in [0.2, 0.25) is 0 Å². The van der Waals surface area contributed by atoms with Gasteiger partial charge in [-0.1, -0.05) is 13.8 Å². The van der Waals surface area contributed by atoms with Gasteiger partial charge in [-0.3, -0.25) is 0 Å². The van der Waals surface area contributed by atoms with Crippen LogP contribution in [-0.2, 0) is 6.42 Å². The summed E-state index contributed by atoms with van der Waals surface area (Å²) in [7, 11) is 1.44. The van der Waals surface area contributed by atoms with E-state index in [2.05, 4.69) is 24.1 Å². The van der Waals surface area contributed by atoms with Crippen LogP contribution >= 0.6 is 0 Å². The van der Waals surface area contributed by atoms with E-state index in [9.17, 15) is 4.39 Å². The molecule has 2 aromatic rings. The molecule has 1 heterocycles. The molecule has 2 rings (SSSR count). The second kappa shape index (κ2) is 6.52. The van der Waals surface area contributed by atoms with Crippen LogP contribution in [0.5, 0.6) is 5.75 Å². The molecule has 0 unspecified atom stereocenters. The van der Waals surface area contributed by atoms with Gasteiger partial charge in [-0.05, 0) is 18.2 Å². The first-order valence-electron chi connectivity index (χ1n) is 6.62. The maximum absolute atomic E-state index is 13.4. The molecule has 0 saturated carbocycles. The summed E-state index contributed by atoms with van der Waals surface area (Å²) in [6, 6.07) is 5.04. The lowest BCUT2D eigenvalue weighted by atomic mass is 10.2. The Labute approximate surface area is 118 Å². The molecule has 1 aromatic carbocycles. The molecular weight excluding hydrogens is 259 g/mol. The average molecular weight is 278 g/mol. The summed E-state index contributed by atoms with van der Waals surface area (Å²) in [6.45, 7) is 4.99. The lowest BCUT2D eigenvalue weighted by Crippen LogP contribution is -2.24. The minimum Gasteiger partial charge on any atom is -0.494 e. The highest BCUT2D eigenvalue weighted by molar-refractivity contribution is 5.59. The number of nitrogens with zero attached hydrogens (tertiary/aromatic N) is 1. The zero-order valence-electron chi connectivity index (χ0n) is 11.9. The van der Waals surface area contributed by atoms with Crippen molar-refractivity contribution >= 4 is 0 Å². The van der Waals surface area contributed by atoms with Crippen molar-refractivity contribution in [2.45, 2.75) is 26.3 Å². The lowest BCUT2D eigenvalue weighted by Gasteiger charge is -2.05. The SMILES string of the molecule is COc1cc(-c2cnc(CCNC(C)C)o2)ccc1F. The highest BCUT2D eigenvalue weighted by Gasteiger charge is 2.10. The predicted octanol–water partition coefficient (Wildman–Crippen LogP) is 3.03. The summed E-state index contributed by atoms with van der Waals surface area (Å²) >= 11 is 0. The summed E-state index contributed by atoms with van der Waals surface area (Å²) in [5.41, 5.74) is 0.749. The quantitative estimate of drug-likeness (QED) is 0.882. The Morgan fingerprint density at radius 1 is 1.40 bits per heavy atom. The van der Waals surface area contributed by atoms with Crippen LogP contribution in [0.4, 0.5) is 4.39 Å². The van der Waals surface area contributed by atoms with Crippen molar-refractivity contribution in [1.29, 1.82) is 0 Å². The van der Waals surface area contributed by atoms with Gasteiger partial charge < -0.3 is 14.5 Å². The van der Waals surface area contributed by atoms with E-state index in [0.717, 1.165) is 18.5 Å². The summed E-state index contributed by atoms with van der Waals surface area (Å²) in [4.78, 5) is 4.23. The zero-order valence-corrected chi connectivity index (χ0v) is 11.9. The van der Waals surface area contributed by atoms with E-state index in [4.69, 9.17) is 9.15 Å². The van der Waals surface area contributed by atoms with Crippen LogP contribution in [0.25, 0.3) is 11.3 Å². The summed E-state index contributed by atoms with van der Waals surface area (Å²) in [6.07, 6.45) is 2.37. The maximum Gasteiger partial charge on any atom is 0.196 e. The minimum absolute atomic E-state index is 0.196. The molecule has 20 heavy (non-hydrogen) atoms. The van der Waals surface area contributed by atoms with Gasteiger partial charge in [-0.25, -0.2) is 9.37 Å². The fourth-order valence-corrected chi connectivity index (χ4v) is 1.84. The van der Waals surface area contributed by atoms with Crippen LogP contribution in [0.3, 0.4) is 0 Å². The Kier molecular flexibility index (Phi) is 4.74. The minimum atomic E-state index is -0.392. The van der Waals surface area contributed by atoms with Crippen LogP contribution < -0.4 is 10.1 Å². The van der Waals surface area contributed by atoms with E-state index >= 15 is 0 Å². The molecule has 0 fully saturated rings. The molecule has 5 heteroatoms. The van der Waals surface area contributed by atoms with Crippen molar-refractivity contribution in [3.05, 3.63) is 36.1 Å². The molecule has 108 valence electrons. The molecule has 0 amide bonds. The second-order valence-corrected chi connectivity index (χ2v) is 4.83. The topological polar surface area (TPSA) is 47.3 Å². The van der Waals surface area contributed by atoms with E-state index in [1.54, 1.807) is 18.3 Å². The summed E-state index contributed by atoms with van der Waals surface area (Å²) < 4.78 is 24.0. The third-order valence-corrected chi connectivity index (χ3v) is 2.88. The normalized spacial score (nSPS) is 11.1. The highest BCUT2D eigenvalue weighted by Crippen LogP contribution is 2.26. The lowest BCUT2D eigenvalue weighted by molar-refractivity contribution is 0.386. The van der Waals surface area contributed by atoms with Crippen molar-refractivity contribution in [3.63, 3.8) is 0 Å². The maximum atomic E-state index is 13.4. The number of nitrogens with one attached hydrogen (secondary N) is 1. The number of ether oxygens (including phenoxy) is 1. The number of halogens is 1. The third-order valence-electron chi connectivity index (χ3n) is 2.88. The molecule has 0 spiro atoms. The molecular formula is C15H19FN2O2. The molecule has 0 atom stereocenters. The molecule has 1 aromatic heterocycles. The van der Waals surface area contributed by atoms with Gasteiger partial charge in [0.05, 0.1) is 13.3 Å². The van der Waals surface area contributed by atoms with Crippen LogP contribution in [0, 0.1) is 5.82 Å². The van der Waals surface area contributed by atoms with E-state index in [0.29, 0.717) is 17.7 Å². The van der Waals surface area contributed by atoms with Crippen molar-refractivity contribution < 1.29 is 13.5 Å². The number of hydrogen-bond acceptors (Lipinski definition) is 4. The Balaban J connectivity index is 2.08. The zero-order chi connectivity index (χ0) is 14.5. The molecule has 0 bridgehead atoms. The van der Waals surface area contributed by atoms with Crippen LogP contribution in [0.1, 0.15) is 19.7 Å². The van der Waals surface area contributed by atoms with Gasteiger partial charge in [0.2, 0.25) is 0 Å². The van der Waals surface area contributed by atoms with E-state index in [1.807, 2.05) is 0 Å². The molecule has 4 nitrogen and oxygen atoms in total. The van der Waals surface area contributed by atoms with Gasteiger partial charge in [0.25, 0.3) is 0 Å². The predicted molar refractivity (Wildman–Crippen MR) is 75.3 cm³/mol. The van der Waals surface area contributed by atoms with Gasteiger partial charge in [-0.15, -0.1) is 0 Å². The highest BCUT2D eigenvalue weighted by atomic mass is 19.1. The van der Waals surface area contributed by atoms with Gasteiger partial charge >= 0.3 is 0 Å². The average Bonchev–Trinajstić information content (AvgIpc) is 2.87. The van der Waals surface area contributed by atoms with E-state index < -0.39 is 5.82 Å². The largest absolute Gasteiger partial charge is 0.494 e. The molecule has 0 radical (unpaired) electrons. The van der Waals surface area contributed by atoms with Gasteiger partial charge in [0, 0.05) is 24.6 Å². The first kappa shape index (κ1) is 14.5. The van der Waals surface area contributed by atoms with E-state index in [1.165, 1.54) is 13.2 Å². The monoisotopic (exact) mass is 278 g/mol. The molecule has 1 N–H and O–H groups in total. The van der Waals surface area contributed by atoms with Gasteiger partial charge in [0.1, 0.15) is 0 Å². The number of benzene rings is 1. The number of methoxy groups -OCH3 is 1. The second-order valence-electron chi connectivity index (χ2n) is 4.83. The number of oxazole rings is 1. The van der Waals surface area contributed by atoms with Crippen molar-refractivity contribution in [2.24, 2.45) is 0 Å². The number of hydrogen-bond donors (Lipinski definition) is 1. The van der Waals surface area contributed by atoms with E-state index in [-0.39, 0.29) is 5.75 Å². The summed E-state index contributed by atoms with van der Waals surface area (Å²) in [5, 5.41) is 3.30. The molecule has 0 saturated heterocycles. The third kappa shape index (κ3) is 3.57. The Morgan fingerprint density at radius 3 is 2.90 bits per heavy atom. The first-order chi connectivity index (χ1) is 9.60. The van der Waals surface area contributed by atoms with Crippen molar-refractivity contribution in [3.8, 4) is 17.1 Å². The van der Waals surface area contributed by atoms with Crippen molar-refractivity contribution in [1.82, 2.24) is 10.3 Å². The number of rotatable bonds is 6. The summed E-state index contributed by atoms with van der Waals surface area (Å²) in [5.74, 6) is 1.08. The fraction of sp³-hybridized carbons (Fsp3) is 0.400. The molecule has 0 aliphatic heterocycles. The van der Waals surface area contributed by atoms with Gasteiger partial charge in [-0.2, -0.15) is 0 Å². The number of aromatic nitrogens is 1. The smallest absolute Gasteiger partial charge is 0.196 e. The van der Waals surface area contributed by atoms with Gasteiger partial charge in [0.15, 0.2) is 23.2 Å². The van der Waals surface area contributed by atoms with Crippen LogP contribution in [0.15, 0.2) is 28.8 Å². The Hall–Kier alpha value is -1.88. The molecule has 0 aliphatic carbocycles. The first-order valence-corrected chi connectivity index (χ1v) is 6.62. The Bertz CT molecular complexity index is 567. The van der Waals surface area contributed by atoms with Crippen molar-refractivity contribution in [2.75, 3.05) is 13.7 Å². The Morgan fingerprint density at radius 2 is 2.20 bits per heavy atom. The standard InChI is InChI=1S/C15H19FN2O2/c1-10(2)17-7-6-15-18-9-14(20-15)11-4-5-12(16)13(8-11)19-3/h4-5,8-10,17H,6-7H2,1-3H3. The van der Waals surface area contributed by atoms with Crippen LogP contribution in [-0.4, -0.2) is 24.7 Å².